The van der Waals surface area contributed by atoms with Gasteiger partial charge in [-0.25, -0.2) is 5.84 Å². The highest BCUT2D eigenvalue weighted by atomic mass is 15.4. The maximum Gasteiger partial charge on any atom is 0.0969 e. The Labute approximate surface area is 95.1 Å². The maximum absolute atomic E-state index is 9.03. The molecule has 3 heteroatoms. The molecule has 1 aromatic carbocycles. The monoisotopic (exact) mass is 211 g/mol. The van der Waals surface area contributed by atoms with Crippen molar-refractivity contribution < 1.29 is 0 Å². The summed E-state index contributed by atoms with van der Waals surface area (Å²) in [4.78, 5) is 0. The highest BCUT2D eigenvalue weighted by molar-refractivity contribution is 5.56. The van der Waals surface area contributed by atoms with Gasteiger partial charge in [0.1, 0.15) is 0 Å². The summed E-state index contributed by atoms with van der Waals surface area (Å²) in [5, 5.41) is 10.6. The third kappa shape index (κ3) is 1.97. The lowest BCUT2D eigenvalue weighted by Crippen LogP contribution is -2.30. The number of anilines is 1. The zero-order valence-corrected chi connectivity index (χ0v) is 8.93. The van der Waals surface area contributed by atoms with Crippen molar-refractivity contribution in [2.45, 2.75) is 12.8 Å². The fraction of sp³-hybridized carbons (Fsp3) is 0.154. The highest BCUT2D eigenvalue weighted by Crippen LogP contribution is 2.23. The van der Waals surface area contributed by atoms with Gasteiger partial charge in [0.2, 0.25) is 0 Å². The Kier molecular flexibility index (Phi) is 3.04. The number of hydrogen-bond donors (Lipinski definition) is 1. The van der Waals surface area contributed by atoms with Crippen LogP contribution in [0.25, 0.3) is 0 Å². The Morgan fingerprint density at radius 2 is 2.00 bits per heavy atom. The van der Waals surface area contributed by atoms with Crippen LogP contribution in [0.2, 0.25) is 0 Å². The normalized spacial score (nSPS) is 14.8. The Hall–Kier alpha value is -2.05. The first kappa shape index (κ1) is 10.5. The molecule has 0 atom stereocenters. The van der Waals surface area contributed by atoms with E-state index in [4.69, 9.17) is 11.1 Å². The fourth-order valence-electron chi connectivity index (χ4n) is 1.72. The van der Waals surface area contributed by atoms with E-state index < -0.39 is 0 Å². The van der Waals surface area contributed by atoms with E-state index in [0.717, 1.165) is 29.8 Å². The van der Waals surface area contributed by atoms with Crippen molar-refractivity contribution >= 4 is 5.69 Å². The van der Waals surface area contributed by atoms with Gasteiger partial charge in [0.15, 0.2) is 0 Å². The second-order valence-electron chi connectivity index (χ2n) is 3.62. The van der Waals surface area contributed by atoms with Gasteiger partial charge in [0, 0.05) is 0 Å². The Balaban J connectivity index is 2.35. The Bertz CT molecular complexity index is 466. The van der Waals surface area contributed by atoms with E-state index in [9.17, 15) is 0 Å². The Morgan fingerprint density at radius 3 is 2.69 bits per heavy atom. The fourth-order valence-corrected chi connectivity index (χ4v) is 1.72. The molecule has 0 saturated carbocycles. The van der Waals surface area contributed by atoms with E-state index in [0.29, 0.717) is 0 Å². The number of nitriles is 1. The van der Waals surface area contributed by atoms with Crippen LogP contribution >= 0.6 is 0 Å². The van der Waals surface area contributed by atoms with Gasteiger partial charge in [-0.05, 0) is 31.1 Å². The summed E-state index contributed by atoms with van der Waals surface area (Å²) in [5.74, 6) is 6.01. The molecule has 2 rings (SSSR count). The predicted molar refractivity (Wildman–Crippen MR) is 64.1 cm³/mol. The molecule has 0 aliphatic heterocycles. The topological polar surface area (TPSA) is 53.0 Å². The van der Waals surface area contributed by atoms with E-state index in [1.54, 1.807) is 5.01 Å². The van der Waals surface area contributed by atoms with Crippen LogP contribution in [-0.2, 0) is 0 Å². The smallest absolute Gasteiger partial charge is 0.0969 e. The average molecular weight is 211 g/mol. The first-order chi connectivity index (χ1) is 7.83. The molecule has 3 nitrogen and oxygen atoms in total. The molecular weight excluding hydrogens is 198 g/mol. The minimum Gasteiger partial charge on any atom is -0.279 e. The molecule has 0 aromatic heterocycles. The van der Waals surface area contributed by atoms with Crippen LogP contribution in [0.5, 0.6) is 0 Å². The van der Waals surface area contributed by atoms with Crippen LogP contribution < -0.4 is 10.9 Å². The molecule has 0 amide bonds. The molecule has 0 radical (unpaired) electrons. The molecule has 0 spiro atoms. The van der Waals surface area contributed by atoms with Crippen LogP contribution in [-0.4, -0.2) is 0 Å². The first-order valence-electron chi connectivity index (χ1n) is 5.22. The molecule has 0 bridgehead atoms. The third-order valence-electron chi connectivity index (χ3n) is 2.57. The minimum atomic E-state index is 0.744. The van der Waals surface area contributed by atoms with Gasteiger partial charge in [0.05, 0.1) is 23.0 Å². The minimum absolute atomic E-state index is 0.744. The summed E-state index contributed by atoms with van der Waals surface area (Å²) in [6.45, 7) is 0. The highest BCUT2D eigenvalue weighted by Gasteiger charge is 2.13. The van der Waals surface area contributed by atoms with Crippen LogP contribution in [0.3, 0.4) is 0 Å². The second-order valence-corrected chi connectivity index (χ2v) is 3.62. The first-order valence-corrected chi connectivity index (χ1v) is 5.22. The summed E-state index contributed by atoms with van der Waals surface area (Å²) in [6, 6.07) is 11.8. The zero-order valence-electron chi connectivity index (χ0n) is 8.93. The van der Waals surface area contributed by atoms with Crippen molar-refractivity contribution in [2.75, 3.05) is 5.01 Å². The summed E-state index contributed by atoms with van der Waals surface area (Å²) in [7, 11) is 0. The van der Waals surface area contributed by atoms with Gasteiger partial charge < -0.3 is 0 Å². The van der Waals surface area contributed by atoms with Crippen LogP contribution in [0.15, 0.2) is 53.8 Å². The van der Waals surface area contributed by atoms with E-state index in [2.05, 4.69) is 6.07 Å². The molecule has 0 heterocycles. The predicted octanol–water partition coefficient (Wildman–Crippen LogP) is 2.49. The number of allylic oxidation sites excluding steroid dienone is 3. The molecule has 1 aliphatic carbocycles. The average Bonchev–Trinajstić information content (AvgIpc) is 2.39. The van der Waals surface area contributed by atoms with Crippen molar-refractivity contribution in [3.63, 3.8) is 0 Å². The van der Waals surface area contributed by atoms with Gasteiger partial charge in [-0.15, -0.1) is 0 Å². The third-order valence-corrected chi connectivity index (χ3v) is 2.57. The summed E-state index contributed by atoms with van der Waals surface area (Å²) < 4.78 is 0. The quantitative estimate of drug-likeness (QED) is 0.604. The summed E-state index contributed by atoms with van der Waals surface area (Å²) in [5.41, 5.74) is 2.42. The van der Waals surface area contributed by atoms with Crippen LogP contribution in [0.1, 0.15) is 12.8 Å². The van der Waals surface area contributed by atoms with E-state index in [1.165, 1.54) is 0 Å². The maximum atomic E-state index is 9.03. The molecule has 0 unspecified atom stereocenters. The largest absolute Gasteiger partial charge is 0.279 e. The Morgan fingerprint density at radius 1 is 1.25 bits per heavy atom. The van der Waals surface area contributed by atoms with Crippen molar-refractivity contribution in [2.24, 2.45) is 5.84 Å². The second kappa shape index (κ2) is 4.65. The molecule has 0 fully saturated rings. The van der Waals surface area contributed by atoms with E-state index in [1.807, 2.05) is 42.5 Å². The van der Waals surface area contributed by atoms with Gasteiger partial charge in [-0.3, -0.25) is 5.01 Å². The number of para-hydroxylation sites is 1. The number of rotatable bonds is 2. The standard InChI is InChI=1S/C13H13N3/c14-10-11-6-4-5-9-13(11)16(15)12-7-2-1-3-8-12/h1-3,5,7-9H,4,6,15H2. The van der Waals surface area contributed by atoms with E-state index in [-0.39, 0.29) is 0 Å². The summed E-state index contributed by atoms with van der Waals surface area (Å²) >= 11 is 0. The molecule has 1 aliphatic rings. The SMILES string of the molecule is N#CC1=C(N(N)c2ccccc2)C=CCC1. The number of benzene rings is 1. The number of hydrogen-bond acceptors (Lipinski definition) is 3. The number of nitrogens with two attached hydrogens (primary N) is 1. The van der Waals surface area contributed by atoms with Crippen molar-refractivity contribution in [1.82, 2.24) is 0 Å². The van der Waals surface area contributed by atoms with Crippen molar-refractivity contribution in [3.05, 3.63) is 53.8 Å². The lowest BCUT2D eigenvalue weighted by molar-refractivity contribution is 0.918. The van der Waals surface area contributed by atoms with Gasteiger partial charge in [-0.2, -0.15) is 5.26 Å². The van der Waals surface area contributed by atoms with E-state index >= 15 is 0 Å². The molecule has 16 heavy (non-hydrogen) atoms. The number of hydrazine groups is 1. The van der Waals surface area contributed by atoms with Crippen LogP contribution in [0.4, 0.5) is 5.69 Å². The number of nitrogens with zero attached hydrogens (tertiary/aromatic N) is 2. The molecule has 80 valence electrons. The summed E-state index contributed by atoms with van der Waals surface area (Å²) in [6.07, 6.45) is 5.63. The zero-order chi connectivity index (χ0) is 11.4. The van der Waals surface area contributed by atoms with Gasteiger partial charge in [0.25, 0.3) is 0 Å². The lowest BCUT2D eigenvalue weighted by Gasteiger charge is -2.23. The molecule has 0 saturated heterocycles. The molecule has 1 aromatic rings. The van der Waals surface area contributed by atoms with Gasteiger partial charge in [-0.1, -0.05) is 24.3 Å². The van der Waals surface area contributed by atoms with Crippen LogP contribution in [0, 0.1) is 11.3 Å². The molecule has 2 N–H and O–H groups in total. The van der Waals surface area contributed by atoms with Crippen molar-refractivity contribution in [3.8, 4) is 6.07 Å². The lowest BCUT2D eigenvalue weighted by atomic mass is 10.0. The van der Waals surface area contributed by atoms with Crippen molar-refractivity contribution in [1.29, 1.82) is 5.26 Å². The van der Waals surface area contributed by atoms with Gasteiger partial charge >= 0.3 is 0 Å². The molecular formula is C13H13N3.